The van der Waals surface area contributed by atoms with Gasteiger partial charge in [0, 0.05) is 24.4 Å². The number of esters is 1. The molecule has 55 heavy (non-hydrogen) atoms. The zero-order valence-corrected chi connectivity index (χ0v) is 33.2. The molecule has 0 bridgehead atoms. The van der Waals surface area contributed by atoms with E-state index in [4.69, 9.17) is 14.2 Å². The molecule has 2 heterocycles. The summed E-state index contributed by atoms with van der Waals surface area (Å²) in [6, 6.07) is 15.6. The number of Topliss-reactive ketones (excluding diaryl/α,β-unsaturated/α-hetero) is 1. The van der Waals surface area contributed by atoms with Crippen LogP contribution in [0.5, 0.6) is 11.6 Å². The lowest BCUT2D eigenvalue weighted by atomic mass is 9.77. The molecule has 1 unspecified atom stereocenters. The van der Waals surface area contributed by atoms with Gasteiger partial charge >= 0.3 is 5.97 Å². The maximum atomic E-state index is 14.8. The fourth-order valence-corrected chi connectivity index (χ4v) is 8.99. The number of methoxy groups -OCH3 is 1. The van der Waals surface area contributed by atoms with Crippen LogP contribution in [0.25, 0.3) is 10.8 Å². The average Bonchev–Trinajstić information content (AvgIpc) is 4.06. The summed E-state index contributed by atoms with van der Waals surface area (Å²) in [5.41, 5.74) is -2.19. The second-order valence-corrected chi connectivity index (χ2v) is 18.6. The third-order valence-corrected chi connectivity index (χ3v) is 13.1. The topological polar surface area (TPSA) is 158 Å². The highest BCUT2D eigenvalue weighted by Gasteiger charge is 2.61. The highest BCUT2D eigenvalue weighted by Crippen LogP contribution is 2.57. The number of nitrogens with zero attached hydrogens (tertiary/aromatic N) is 2. The molecule has 294 valence electrons. The minimum absolute atomic E-state index is 0.0146. The van der Waals surface area contributed by atoms with Gasteiger partial charge in [0.25, 0.3) is 0 Å². The minimum Gasteiger partial charge on any atom is -0.497 e. The van der Waals surface area contributed by atoms with Crippen LogP contribution in [0.15, 0.2) is 73.4 Å². The predicted molar refractivity (Wildman–Crippen MR) is 206 cm³/mol. The Labute approximate surface area is 323 Å². The van der Waals surface area contributed by atoms with E-state index in [2.05, 4.69) is 16.3 Å². The standard InChI is InChI=1S/C42H51N3O9S/c1-8-27-23-42(27,39(49)44-55(50,51)31-15-16-31)24-35(46)34-21-30(53-37-32-17-14-29(52-7)20-26(32)18-19-43-37)25-45(34)38(48)33(40(2,3)4)22-36(47)54-41(5,6)28-12-10-9-11-13-28/h8-14,17-20,27,30-31,33-34H,1,15-16,21-25H2,2-7H3,(H,44,49)/t27-,30?,33-,34+,42-/m1/s1. The van der Waals surface area contributed by atoms with Crippen LogP contribution < -0.4 is 14.2 Å². The van der Waals surface area contributed by atoms with Crippen molar-refractivity contribution in [1.82, 2.24) is 14.6 Å². The number of benzene rings is 2. The molecule has 1 aromatic heterocycles. The number of carbonyl (C=O) groups excluding carboxylic acids is 4. The molecule has 12 nitrogen and oxygen atoms in total. The van der Waals surface area contributed by atoms with Gasteiger partial charge in [0.05, 0.1) is 42.7 Å². The fraction of sp³-hybridized carbons (Fsp3) is 0.500. The van der Waals surface area contributed by atoms with E-state index in [1.54, 1.807) is 39.3 Å². The van der Waals surface area contributed by atoms with Crippen LogP contribution in [0.3, 0.4) is 0 Å². The first-order chi connectivity index (χ1) is 25.9. The first-order valence-electron chi connectivity index (χ1n) is 18.8. The van der Waals surface area contributed by atoms with Crippen LogP contribution in [0.2, 0.25) is 0 Å². The largest absolute Gasteiger partial charge is 0.497 e. The number of ketones is 1. The lowest BCUT2D eigenvalue weighted by Crippen LogP contribution is -2.49. The van der Waals surface area contributed by atoms with Gasteiger partial charge < -0.3 is 19.1 Å². The normalized spacial score (nSPS) is 23.1. The van der Waals surface area contributed by atoms with Crippen LogP contribution in [-0.4, -0.2) is 72.9 Å². The van der Waals surface area contributed by atoms with Gasteiger partial charge in [0.15, 0.2) is 5.78 Å². The Bertz CT molecular complexity index is 2090. The number of hydrogen-bond donors (Lipinski definition) is 1. The molecule has 3 aliphatic rings. The van der Waals surface area contributed by atoms with Crippen molar-refractivity contribution in [3.63, 3.8) is 0 Å². The van der Waals surface area contributed by atoms with Crippen molar-refractivity contribution < 1.29 is 41.8 Å². The van der Waals surface area contributed by atoms with Crippen LogP contribution in [0.4, 0.5) is 0 Å². The Balaban J connectivity index is 1.28. The monoisotopic (exact) mass is 773 g/mol. The number of hydrogen-bond acceptors (Lipinski definition) is 10. The van der Waals surface area contributed by atoms with Crippen LogP contribution in [0, 0.1) is 22.7 Å². The van der Waals surface area contributed by atoms with Gasteiger partial charge in [0.1, 0.15) is 17.5 Å². The number of carbonyl (C=O) groups is 4. The van der Waals surface area contributed by atoms with Crippen molar-refractivity contribution in [3.8, 4) is 11.6 Å². The molecule has 13 heteroatoms. The number of ether oxygens (including phenoxy) is 3. The summed E-state index contributed by atoms with van der Waals surface area (Å²) in [7, 11) is -2.29. The van der Waals surface area contributed by atoms with Gasteiger partial charge in [-0.05, 0) is 79.7 Å². The Hall–Kier alpha value is -4.78. The van der Waals surface area contributed by atoms with E-state index in [-0.39, 0.29) is 32.2 Å². The van der Waals surface area contributed by atoms with E-state index in [0.29, 0.717) is 29.9 Å². The van der Waals surface area contributed by atoms with Crippen molar-refractivity contribution in [2.45, 2.75) is 96.1 Å². The zero-order chi connectivity index (χ0) is 39.9. The van der Waals surface area contributed by atoms with E-state index < -0.39 is 79.3 Å². The molecule has 2 aliphatic carbocycles. The first-order valence-corrected chi connectivity index (χ1v) is 20.3. The zero-order valence-electron chi connectivity index (χ0n) is 32.4. The number of aromatic nitrogens is 1. The van der Waals surface area contributed by atoms with Gasteiger partial charge in [-0.25, -0.2) is 13.4 Å². The lowest BCUT2D eigenvalue weighted by molar-refractivity contribution is -0.163. The second-order valence-electron chi connectivity index (χ2n) is 16.7. The number of allylic oxidation sites excluding steroid dienone is 1. The minimum atomic E-state index is -3.86. The first kappa shape index (κ1) is 39.9. The van der Waals surface area contributed by atoms with E-state index >= 15 is 0 Å². The van der Waals surface area contributed by atoms with E-state index in [1.807, 2.05) is 69.3 Å². The fourth-order valence-electron chi connectivity index (χ4n) is 7.60. The summed E-state index contributed by atoms with van der Waals surface area (Å²) in [5, 5.41) is 0.923. The maximum absolute atomic E-state index is 14.8. The highest BCUT2D eigenvalue weighted by atomic mass is 32.2. The second kappa shape index (κ2) is 15.0. The molecular weight excluding hydrogens is 723 g/mol. The van der Waals surface area contributed by atoms with Gasteiger partial charge in [-0.15, -0.1) is 6.58 Å². The van der Waals surface area contributed by atoms with Crippen LogP contribution >= 0.6 is 0 Å². The molecule has 5 atom stereocenters. The highest BCUT2D eigenvalue weighted by molar-refractivity contribution is 7.90. The average molecular weight is 774 g/mol. The summed E-state index contributed by atoms with van der Waals surface area (Å²) in [6.45, 7) is 13.0. The molecule has 3 aromatic rings. The van der Waals surface area contributed by atoms with Gasteiger partial charge in [-0.1, -0.05) is 57.2 Å². The third kappa shape index (κ3) is 8.56. The quantitative estimate of drug-likeness (QED) is 0.146. The van der Waals surface area contributed by atoms with Crippen molar-refractivity contribution in [1.29, 1.82) is 0 Å². The van der Waals surface area contributed by atoms with Crippen LogP contribution in [0.1, 0.15) is 78.7 Å². The number of likely N-dealkylation sites (tertiary alicyclic amines) is 1. The smallest absolute Gasteiger partial charge is 0.307 e. The van der Waals surface area contributed by atoms with E-state index in [0.717, 1.165) is 10.9 Å². The third-order valence-electron chi connectivity index (χ3n) is 11.2. The summed E-state index contributed by atoms with van der Waals surface area (Å²) >= 11 is 0. The molecule has 0 spiro atoms. The molecule has 6 rings (SSSR count). The molecule has 3 fully saturated rings. The van der Waals surface area contributed by atoms with Crippen molar-refractivity contribution in [2.24, 2.45) is 22.7 Å². The Morgan fingerprint density at radius 3 is 2.38 bits per heavy atom. The molecule has 1 aliphatic heterocycles. The molecular formula is C42H51N3O9S. The predicted octanol–water partition coefficient (Wildman–Crippen LogP) is 5.88. The van der Waals surface area contributed by atoms with Gasteiger partial charge in [0.2, 0.25) is 27.7 Å². The molecule has 1 N–H and O–H groups in total. The molecule has 2 saturated carbocycles. The Morgan fingerprint density at radius 2 is 1.76 bits per heavy atom. The van der Waals surface area contributed by atoms with Crippen molar-refractivity contribution in [2.75, 3.05) is 13.7 Å². The number of pyridine rings is 1. The van der Waals surface area contributed by atoms with Crippen molar-refractivity contribution in [3.05, 3.63) is 79.0 Å². The summed E-state index contributed by atoms with van der Waals surface area (Å²) < 4.78 is 45.5. The number of fused-ring (bicyclic) bond motifs is 1. The molecule has 0 radical (unpaired) electrons. The van der Waals surface area contributed by atoms with Crippen LogP contribution in [-0.2, 0) is 39.5 Å². The number of rotatable bonds is 15. The van der Waals surface area contributed by atoms with Gasteiger partial charge in [-0.2, -0.15) is 0 Å². The Morgan fingerprint density at radius 1 is 1.05 bits per heavy atom. The number of amides is 2. The molecule has 1 saturated heterocycles. The maximum Gasteiger partial charge on any atom is 0.307 e. The summed E-state index contributed by atoms with van der Waals surface area (Å²) in [5.74, 6) is -2.43. The number of sulfonamides is 1. The summed E-state index contributed by atoms with van der Waals surface area (Å²) in [4.78, 5) is 62.4. The SMILES string of the molecule is C=C[C@@H]1C[C@]1(CC(=O)[C@@H]1CC(Oc2nccc3cc(OC)ccc23)CN1C(=O)[C@@H](CC(=O)OC(C)(C)c1ccccc1)C(C)(C)C)C(=O)NS(=O)(=O)C1CC1. The Kier molecular flexibility index (Phi) is 10.9. The molecule has 2 amide bonds. The lowest BCUT2D eigenvalue weighted by Gasteiger charge is -2.35. The summed E-state index contributed by atoms with van der Waals surface area (Å²) in [6.07, 6.45) is 3.28. The van der Waals surface area contributed by atoms with Gasteiger partial charge in [-0.3, -0.25) is 23.9 Å². The van der Waals surface area contributed by atoms with E-state index in [1.165, 1.54) is 4.90 Å². The number of nitrogens with one attached hydrogen (secondary N) is 1. The van der Waals surface area contributed by atoms with E-state index in [9.17, 15) is 27.6 Å². The molecule has 2 aromatic carbocycles. The van der Waals surface area contributed by atoms with Crippen molar-refractivity contribution >= 4 is 44.4 Å².